The molecule has 0 bridgehead atoms. The number of carbonyl (C=O) groups is 2. The standard InChI is InChI=1S/C20H25ClN2O6/c1-4-29-20(25)18-15(11-28-10-9-22-26)23-12(2)16(19(24)27-3)17(18)13-7-5-6-8-14(13)21/h5-8,17,22-23,26H,4,9-11H2,1-3H3. The molecule has 1 heterocycles. The third-order valence-electron chi connectivity index (χ3n) is 4.37. The van der Waals surface area contributed by atoms with Crippen LogP contribution in [0.3, 0.4) is 0 Å². The lowest BCUT2D eigenvalue weighted by Gasteiger charge is -2.31. The van der Waals surface area contributed by atoms with Crippen molar-refractivity contribution in [3.63, 3.8) is 0 Å². The smallest absolute Gasteiger partial charge is 0.336 e. The molecule has 0 aromatic heterocycles. The first kappa shape index (κ1) is 22.9. The molecule has 1 aliphatic heterocycles. The molecule has 1 aromatic rings. The van der Waals surface area contributed by atoms with Crippen LogP contribution in [0.2, 0.25) is 5.02 Å². The van der Waals surface area contributed by atoms with Crippen molar-refractivity contribution >= 4 is 23.5 Å². The Morgan fingerprint density at radius 1 is 1.24 bits per heavy atom. The van der Waals surface area contributed by atoms with Crippen LogP contribution in [0.4, 0.5) is 0 Å². The summed E-state index contributed by atoms with van der Waals surface area (Å²) in [6.45, 7) is 4.05. The van der Waals surface area contributed by atoms with E-state index in [2.05, 4.69) is 5.32 Å². The summed E-state index contributed by atoms with van der Waals surface area (Å²) in [7, 11) is 1.28. The van der Waals surface area contributed by atoms with Crippen LogP contribution < -0.4 is 10.8 Å². The summed E-state index contributed by atoms with van der Waals surface area (Å²) in [5.41, 5.74) is 4.05. The number of dihydropyridines is 1. The fraction of sp³-hybridized carbons (Fsp3) is 0.400. The van der Waals surface area contributed by atoms with Gasteiger partial charge in [0.2, 0.25) is 0 Å². The Hall–Kier alpha value is -2.39. The molecule has 2 rings (SSSR count). The van der Waals surface area contributed by atoms with Gasteiger partial charge in [-0.05, 0) is 25.5 Å². The maximum atomic E-state index is 12.9. The van der Waals surface area contributed by atoms with E-state index < -0.39 is 17.9 Å². The van der Waals surface area contributed by atoms with Gasteiger partial charge in [0.15, 0.2) is 0 Å². The zero-order valence-corrected chi connectivity index (χ0v) is 17.3. The highest BCUT2D eigenvalue weighted by Crippen LogP contribution is 2.41. The van der Waals surface area contributed by atoms with Gasteiger partial charge in [0.25, 0.3) is 0 Å². The highest BCUT2D eigenvalue weighted by molar-refractivity contribution is 6.31. The van der Waals surface area contributed by atoms with Gasteiger partial charge < -0.3 is 24.7 Å². The Bertz CT molecular complexity index is 821. The molecule has 158 valence electrons. The minimum atomic E-state index is -0.786. The van der Waals surface area contributed by atoms with Gasteiger partial charge in [0, 0.05) is 17.3 Å². The van der Waals surface area contributed by atoms with Gasteiger partial charge in [-0.3, -0.25) is 0 Å². The molecule has 0 radical (unpaired) electrons. The minimum Gasteiger partial charge on any atom is -0.466 e. The summed E-state index contributed by atoms with van der Waals surface area (Å²) in [5, 5.41) is 12.2. The van der Waals surface area contributed by atoms with Gasteiger partial charge in [-0.1, -0.05) is 29.8 Å². The number of hydroxylamine groups is 1. The number of halogens is 1. The van der Waals surface area contributed by atoms with Crippen molar-refractivity contribution in [2.45, 2.75) is 19.8 Å². The van der Waals surface area contributed by atoms with Crippen LogP contribution in [-0.2, 0) is 23.8 Å². The molecule has 0 amide bonds. The molecule has 0 saturated carbocycles. The lowest BCUT2D eigenvalue weighted by atomic mass is 9.80. The molecule has 1 aliphatic rings. The topological polar surface area (TPSA) is 106 Å². The zero-order valence-electron chi connectivity index (χ0n) is 16.6. The van der Waals surface area contributed by atoms with E-state index in [1.807, 2.05) is 5.48 Å². The summed E-state index contributed by atoms with van der Waals surface area (Å²) in [6, 6.07) is 6.98. The summed E-state index contributed by atoms with van der Waals surface area (Å²) in [6.07, 6.45) is 0. The molecule has 0 saturated heterocycles. The fourth-order valence-corrected chi connectivity index (χ4v) is 3.40. The van der Waals surface area contributed by atoms with Gasteiger partial charge in [-0.2, -0.15) is 0 Å². The van der Waals surface area contributed by atoms with E-state index in [-0.39, 0.29) is 37.5 Å². The minimum absolute atomic E-state index is 0.0442. The van der Waals surface area contributed by atoms with E-state index in [0.29, 0.717) is 22.0 Å². The van der Waals surface area contributed by atoms with Crippen LogP contribution in [0.1, 0.15) is 25.3 Å². The number of nitrogens with one attached hydrogen (secondary N) is 2. The summed E-state index contributed by atoms with van der Waals surface area (Å²) < 4.78 is 15.8. The lowest BCUT2D eigenvalue weighted by Crippen LogP contribution is -2.35. The highest BCUT2D eigenvalue weighted by Gasteiger charge is 2.39. The van der Waals surface area contributed by atoms with Crippen LogP contribution in [0.15, 0.2) is 46.8 Å². The summed E-state index contributed by atoms with van der Waals surface area (Å²) in [4.78, 5) is 25.5. The number of methoxy groups -OCH3 is 1. The van der Waals surface area contributed by atoms with Crippen LogP contribution >= 0.6 is 11.6 Å². The van der Waals surface area contributed by atoms with E-state index in [0.717, 1.165) is 0 Å². The van der Waals surface area contributed by atoms with Crippen molar-refractivity contribution in [2.24, 2.45) is 0 Å². The molecule has 29 heavy (non-hydrogen) atoms. The Morgan fingerprint density at radius 3 is 2.59 bits per heavy atom. The maximum absolute atomic E-state index is 12.9. The lowest BCUT2D eigenvalue weighted by molar-refractivity contribution is -0.139. The Labute approximate surface area is 174 Å². The van der Waals surface area contributed by atoms with E-state index in [9.17, 15) is 9.59 Å². The van der Waals surface area contributed by atoms with Gasteiger partial charge in [0.1, 0.15) is 0 Å². The third-order valence-corrected chi connectivity index (χ3v) is 4.71. The number of hydrogen-bond donors (Lipinski definition) is 3. The predicted octanol–water partition coefficient (Wildman–Crippen LogP) is 2.29. The SMILES string of the molecule is CCOC(=O)C1=C(COCCNO)NC(C)=C(C(=O)OC)C1c1ccccc1Cl. The number of allylic oxidation sites excluding steroid dienone is 1. The van der Waals surface area contributed by atoms with Gasteiger partial charge in [0.05, 0.1) is 49.7 Å². The van der Waals surface area contributed by atoms with Crippen LogP contribution in [-0.4, -0.2) is 50.6 Å². The first-order valence-corrected chi connectivity index (χ1v) is 9.49. The summed E-state index contributed by atoms with van der Waals surface area (Å²) >= 11 is 6.42. The summed E-state index contributed by atoms with van der Waals surface area (Å²) in [5.74, 6) is -1.95. The monoisotopic (exact) mass is 424 g/mol. The van der Waals surface area contributed by atoms with E-state index in [4.69, 9.17) is 31.0 Å². The fourth-order valence-electron chi connectivity index (χ4n) is 3.15. The zero-order chi connectivity index (χ0) is 21.4. The van der Waals surface area contributed by atoms with Crippen molar-refractivity contribution in [3.8, 4) is 0 Å². The van der Waals surface area contributed by atoms with E-state index in [1.54, 1.807) is 38.1 Å². The van der Waals surface area contributed by atoms with Gasteiger partial charge in [-0.25, -0.2) is 15.1 Å². The molecular weight excluding hydrogens is 400 g/mol. The first-order valence-electron chi connectivity index (χ1n) is 9.11. The second kappa shape index (κ2) is 11.0. The highest BCUT2D eigenvalue weighted by atomic mass is 35.5. The normalized spacial score (nSPS) is 16.5. The quantitative estimate of drug-likeness (QED) is 0.315. The number of carbonyl (C=O) groups excluding carboxylic acids is 2. The largest absolute Gasteiger partial charge is 0.466 e. The van der Waals surface area contributed by atoms with Crippen LogP contribution in [0.5, 0.6) is 0 Å². The van der Waals surface area contributed by atoms with Crippen LogP contribution in [0.25, 0.3) is 0 Å². The molecular formula is C20H25ClN2O6. The Balaban J connectivity index is 2.62. The van der Waals surface area contributed by atoms with Crippen molar-refractivity contribution in [1.82, 2.24) is 10.8 Å². The van der Waals surface area contributed by atoms with Crippen molar-refractivity contribution in [3.05, 3.63) is 57.4 Å². The van der Waals surface area contributed by atoms with Crippen molar-refractivity contribution in [1.29, 1.82) is 0 Å². The molecule has 1 unspecified atom stereocenters. The third kappa shape index (κ3) is 5.36. The second-order valence-corrected chi connectivity index (χ2v) is 6.59. The average molecular weight is 425 g/mol. The Morgan fingerprint density at radius 2 is 1.97 bits per heavy atom. The molecule has 1 atom stereocenters. The molecule has 8 nitrogen and oxygen atoms in total. The number of benzene rings is 1. The Kier molecular flexibility index (Phi) is 8.66. The molecule has 0 aliphatic carbocycles. The van der Waals surface area contributed by atoms with Gasteiger partial charge in [-0.15, -0.1) is 0 Å². The number of rotatable bonds is 9. The molecule has 0 fully saturated rings. The number of hydrogen-bond acceptors (Lipinski definition) is 8. The average Bonchev–Trinajstić information content (AvgIpc) is 2.70. The maximum Gasteiger partial charge on any atom is 0.336 e. The molecule has 0 spiro atoms. The van der Waals surface area contributed by atoms with E-state index in [1.165, 1.54) is 7.11 Å². The van der Waals surface area contributed by atoms with Crippen LogP contribution in [0, 0.1) is 0 Å². The molecule has 9 heteroatoms. The van der Waals surface area contributed by atoms with Gasteiger partial charge >= 0.3 is 11.9 Å². The van der Waals surface area contributed by atoms with Crippen molar-refractivity contribution in [2.75, 3.05) is 33.5 Å². The first-order chi connectivity index (χ1) is 14.0. The number of ether oxygens (including phenoxy) is 3. The molecule has 1 aromatic carbocycles. The predicted molar refractivity (Wildman–Crippen MR) is 106 cm³/mol. The van der Waals surface area contributed by atoms with E-state index >= 15 is 0 Å². The second-order valence-electron chi connectivity index (χ2n) is 6.18. The molecule has 3 N–H and O–H groups in total. The number of esters is 2. The van der Waals surface area contributed by atoms with Crippen molar-refractivity contribution < 1.29 is 29.0 Å².